The highest BCUT2D eigenvalue weighted by Crippen LogP contribution is 2.24. The second-order valence-electron chi connectivity index (χ2n) is 6.95. The van der Waals surface area contributed by atoms with Gasteiger partial charge in [0.15, 0.2) is 0 Å². The molecule has 142 valence electrons. The SMILES string of the molecule is Cc1nn(Cc2ccc(F)cc2)c(C)c1NC(=O)C(C)(C)n1cc(Br)cn1. The Balaban J connectivity index is 1.82. The van der Waals surface area contributed by atoms with Gasteiger partial charge >= 0.3 is 0 Å². The molecular weight excluding hydrogens is 413 g/mol. The Morgan fingerprint density at radius 2 is 1.93 bits per heavy atom. The van der Waals surface area contributed by atoms with Gasteiger partial charge in [-0.15, -0.1) is 0 Å². The lowest BCUT2D eigenvalue weighted by Crippen LogP contribution is -2.40. The second-order valence-corrected chi connectivity index (χ2v) is 7.86. The lowest BCUT2D eigenvalue weighted by molar-refractivity contribution is -0.123. The van der Waals surface area contributed by atoms with E-state index in [1.807, 2.05) is 13.8 Å². The molecule has 0 aliphatic rings. The molecular formula is C19H21BrFN5O. The zero-order chi connectivity index (χ0) is 19.8. The first kappa shape index (κ1) is 19.3. The van der Waals surface area contributed by atoms with Gasteiger partial charge in [-0.3, -0.25) is 14.2 Å². The summed E-state index contributed by atoms with van der Waals surface area (Å²) < 4.78 is 17.3. The molecule has 0 aliphatic heterocycles. The van der Waals surface area contributed by atoms with E-state index in [9.17, 15) is 9.18 Å². The molecule has 6 nitrogen and oxygen atoms in total. The number of halogens is 2. The van der Waals surface area contributed by atoms with Crippen molar-refractivity contribution >= 4 is 27.5 Å². The van der Waals surface area contributed by atoms with Gasteiger partial charge in [0.05, 0.1) is 34.3 Å². The molecule has 0 saturated heterocycles. The minimum absolute atomic E-state index is 0.189. The standard InChI is InChI=1S/C19H21BrFN5O/c1-12-17(23-18(27)19(3,4)26-11-15(20)9-22-26)13(2)25(24-12)10-14-5-7-16(21)8-6-14/h5-9,11H,10H2,1-4H3,(H,23,27). The number of carbonyl (C=O) groups is 1. The van der Waals surface area contributed by atoms with E-state index in [1.165, 1.54) is 12.1 Å². The topological polar surface area (TPSA) is 64.7 Å². The average molecular weight is 434 g/mol. The average Bonchev–Trinajstić information content (AvgIpc) is 3.16. The van der Waals surface area contributed by atoms with Crippen LogP contribution in [0.15, 0.2) is 41.1 Å². The van der Waals surface area contributed by atoms with E-state index in [2.05, 4.69) is 31.4 Å². The van der Waals surface area contributed by atoms with Gasteiger partial charge in [0.2, 0.25) is 0 Å². The smallest absolute Gasteiger partial charge is 0.251 e. The Kier molecular flexibility index (Phi) is 5.19. The summed E-state index contributed by atoms with van der Waals surface area (Å²) >= 11 is 3.35. The molecule has 0 spiro atoms. The van der Waals surface area contributed by atoms with Gasteiger partial charge in [-0.25, -0.2) is 4.39 Å². The van der Waals surface area contributed by atoms with Crippen LogP contribution < -0.4 is 5.32 Å². The quantitative estimate of drug-likeness (QED) is 0.660. The maximum atomic E-state index is 13.1. The van der Waals surface area contributed by atoms with Gasteiger partial charge in [0, 0.05) is 6.20 Å². The largest absolute Gasteiger partial charge is 0.321 e. The van der Waals surface area contributed by atoms with Crippen molar-refractivity contribution in [2.45, 2.75) is 39.8 Å². The number of anilines is 1. The zero-order valence-corrected chi connectivity index (χ0v) is 17.2. The maximum Gasteiger partial charge on any atom is 0.251 e. The number of hydrogen-bond donors (Lipinski definition) is 1. The van der Waals surface area contributed by atoms with Crippen molar-refractivity contribution in [3.05, 3.63) is 63.9 Å². The van der Waals surface area contributed by atoms with Crippen LogP contribution in [0.25, 0.3) is 0 Å². The summed E-state index contributed by atoms with van der Waals surface area (Å²) in [4.78, 5) is 12.9. The number of rotatable bonds is 5. The molecule has 2 heterocycles. The number of aryl methyl sites for hydroxylation is 1. The van der Waals surface area contributed by atoms with Gasteiger partial charge in [-0.2, -0.15) is 10.2 Å². The lowest BCUT2D eigenvalue weighted by Gasteiger charge is -2.24. The monoisotopic (exact) mass is 433 g/mol. The van der Waals surface area contributed by atoms with Crippen LogP contribution in [-0.4, -0.2) is 25.5 Å². The summed E-state index contributed by atoms with van der Waals surface area (Å²) in [6.45, 7) is 7.85. The van der Waals surface area contributed by atoms with Crippen molar-refractivity contribution in [3.8, 4) is 0 Å². The van der Waals surface area contributed by atoms with Gasteiger partial charge in [-0.1, -0.05) is 12.1 Å². The van der Waals surface area contributed by atoms with Crippen LogP contribution in [-0.2, 0) is 16.9 Å². The Morgan fingerprint density at radius 3 is 2.52 bits per heavy atom. The molecule has 0 aliphatic carbocycles. The molecule has 3 rings (SSSR count). The normalized spacial score (nSPS) is 11.6. The van der Waals surface area contributed by atoms with Crippen molar-refractivity contribution in [3.63, 3.8) is 0 Å². The van der Waals surface area contributed by atoms with E-state index in [4.69, 9.17) is 0 Å². The summed E-state index contributed by atoms with van der Waals surface area (Å²) in [6.07, 6.45) is 3.41. The van der Waals surface area contributed by atoms with Crippen molar-refractivity contribution in [2.24, 2.45) is 0 Å². The molecule has 0 saturated carbocycles. The first-order chi connectivity index (χ1) is 12.7. The van der Waals surface area contributed by atoms with E-state index >= 15 is 0 Å². The van der Waals surface area contributed by atoms with Crippen molar-refractivity contribution in [2.75, 3.05) is 5.32 Å². The molecule has 0 unspecified atom stereocenters. The fourth-order valence-electron chi connectivity index (χ4n) is 2.77. The molecule has 1 amide bonds. The summed E-state index contributed by atoms with van der Waals surface area (Å²) in [6, 6.07) is 6.30. The second kappa shape index (κ2) is 7.26. The predicted molar refractivity (Wildman–Crippen MR) is 105 cm³/mol. The zero-order valence-electron chi connectivity index (χ0n) is 15.6. The van der Waals surface area contributed by atoms with Crippen LogP contribution >= 0.6 is 15.9 Å². The van der Waals surface area contributed by atoms with Crippen molar-refractivity contribution in [1.82, 2.24) is 19.6 Å². The molecule has 0 radical (unpaired) electrons. The van der Waals surface area contributed by atoms with Gasteiger partial charge in [-0.05, 0) is 61.3 Å². The minimum Gasteiger partial charge on any atom is -0.321 e. The van der Waals surface area contributed by atoms with Crippen LogP contribution in [0, 0.1) is 19.7 Å². The summed E-state index contributed by atoms with van der Waals surface area (Å²) in [5.41, 5.74) is 2.30. The fraction of sp³-hybridized carbons (Fsp3) is 0.316. The number of hydrogen-bond acceptors (Lipinski definition) is 3. The van der Waals surface area contributed by atoms with Crippen LogP contribution in [0.4, 0.5) is 10.1 Å². The number of nitrogens with one attached hydrogen (secondary N) is 1. The Morgan fingerprint density at radius 1 is 1.26 bits per heavy atom. The van der Waals surface area contributed by atoms with E-state index in [0.717, 1.165) is 21.4 Å². The van der Waals surface area contributed by atoms with E-state index in [0.29, 0.717) is 12.2 Å². The highest BCUT2D eigenvalue weighted by atomic mass is 79.9. The number of nitrogens with zero attached hydrogens (tertiary/aromatic N) is 4. The van der Waals surface area contributed by atoms with Crippen LogP contribution in [0.3, 0.4) is 0 Å². The number of aromatic nitrogens is 4. The van der Waals surface area contributed by atoms with Crippen LogP contribution in [0.2, 0.25) is 0 Å². The highest BCUT2D eigenvalue weighted by molar-refractivity contribution is 9.10. The summed E-state index contributed by atoms with van der Waals surface area (Å²) in [5.74, 6) is -0.460. The highest BCUT2D eigenvalue weighted by Gasteiger charge is 2.32. The van der Waals surface area contributed by atoms with Gasteiger partial charge in [0.25, 0.3) is 5.91 Å². The Bertz CT molecular complexity index is 975. The molecule has 0 fully saturated rings. The molecule has 27 heavy (non-hydrogen) atoms. The predicted octanol–water partition coefficient (Wildman–Crippen LogP) is 4.02. The molecule has 0 bridgehead atoms. The fourth-order valence-corrected chi connectivity index (χ4v) is 3.06. The van der Waals surface area contributed by atoms with Gasteiger partial charge in [0.1, 0.15) is 11.4 Å². The van der Waals surface area contributed by atoms with Crippen LogP contribution in [0.5, 0.6) is 0 Å². The number of amides is 1. The molecule has 2 aromatic heterocycles. The number of carbonyl (C=O) groups excluding carboxylic acids is 1. The van der Waals surface area contributed by atoms with E-state index in [-0.39, 0.29) is 11.7 Å². The first-order valence-electron chi connectivity index (χ1n) is 8.49. The first-order valence-corrected chi connectivity index (χ1v) is 9.28. The van der Waals surface area contributed by atoms with Crippen molar-refractivity contribution < 1.29 is 9.18 Å². The summed E-state index contributed by atoms with van der Waals surface area (Å²) in [5, 5.41) is 11.7. The maximum absolute atomic E-state index is 13.1. The van der Waals surface area contributed by atoms with E-state index in [1.54, 1.807) is 47.7 Å². The molecule has 3 aromatic rings. The lowest BCUT2D eigenvalue weighted by atomic mass is 10.0. The Hall–Kier alpha value is -2.48. The van der Waals surface area contributed by atoms with E-state index < -0.39 is 5.54 Å². The van der Waals surface area contributed by atoms with Gasteiger partial charge < -0.3 is 5.32 Å². The third kappa shape index (κ3) is 3.95. The molecule has 8 heteroatoms. The Labute approximate surface area is 165 Å². The van der Waals surface area contributed by atoms with Crippen LogP contribution in [0.1, 0.15) is 30.8 Å². The third-order valence-corrected chi connectivity index (χ3v) is 4.95. The molecule has 1 N–H and O–H groups in total. The molecule has 0 atom stereocenters. The summed E-state index contributed by atoms with van der Waals surface area (Å²) in [7, 11) is 0. The third-order valence-electron chi connectivity index (χ3n) is 4.55. The molecule has 1 aromatic carbocycles. The van der Waals surface area contributed by atoms with Crippen molar-refractivity contribution in [1.29, 1.82) is 0 Å². The minimum atomic E-state index is -0.871. The number of benzene rings is 1.